The van der Waals surface area contributed by atoms with E-state index in [1.165, 1.54) is 0 Å². The van der Waals surface area contributed by atoms with Crippen molar-refractivity contribution in [2.45, 2.75) is 25.8 Å². The van der Waals surface area contributed by atoms with E-state index in [1.54, 1.807) is 6.92 Å². The molecule has 0 aliphatic carbocycles. The fourth-order valence-electron chi connectivity index (χ4n) is 1.37. The van der Waals surface area contributed by atoms with Gasteiger partial charge in [0.05, 0.1) is 0 Å². The smallest absolute Gasteiger partial charge is 0.326 e. The molecule has 8 heteroatoms. The van der Waals surface area contributed by atoms with Crippen molar-refractivity contribution in [3.05, 3.63) is 32.6 Å². The van der Waals surface area contributed by atoms with Gasteiger partial charge in [0.15, 0.2) is 0 Å². The van der Waals surface area contributed by atoms with Gasteiger partial charge in [-0.3, -0.25) is 14.6 Å². The highest BCUT2D eigenvalue weighted by Crippen LogP contribution is 1.98. The van der Waals surface area contributed by atoms with Crippen molar-refractivity contribution in [2.24, 2.45) is 0 Å². The topological polar surface area (TPSA) is 132 Å². The Labute approximate surface area is 101 Å². The lowest BCUT2D eigenvalue weighted by Crippen LogP contribution is -2.42. The summed E-state index contributed by atoms with van der Waals surface area (Å²) in [6.45, 7) is 1.77. The average molecular weight is 255 g/mol. The summed E-state index contributed by atoms with van der Waals surface area (Å²) in [5.41, 5.74) is -1.83. The van der Waals surface area contributed by atoms with E-state index in [-0.39, 0.29) is 12.1 Å². The first-order chi connectivity index (χ1) is 8.43. The number of carbonyl (C=O) groups is 2. The number of aromatic amines is 2. The monoisotopic (exact) mass is 255 g/mol. The number of nitrogens with one attached hydrogen (secondary N) is 3. The molecule has 1 heterocycles. The highest BCUT2D eigenvalue weighted by molar-refractivity contribution is 5.94. The molecule has 1 rings (SSSR count). The van der Waals surface area contributed by atoms with E-state index in [4.69, 9.17) is 5.11 Å². The predicted octanol–water partition coefficient (Wildman–Crippen LogP) is -0.954. The van der Waals surface area contributed by atoms with Gasteiger partial charge < -0.3 is 15.4 Å². The van der Waals surface area contributed by atoms with Gasteiger partial charge in [0, 0.05) is 6.07 Å². The number of carboxylic acids is 1. The van der Waals surface area contributed by atoms with Crippen LogP contribution in [-0.4, -0.2) is 33.0 Å². The summed E-state index contributed by atoms with van der Waals surface area (Å²) >= 11 is 0. The molecule has 0 spiro atoms. The molecule has 0 unspecified atom stereocenters. The minimum Gasteiger partial charge on any atom is -0.480 e. The van der Waals surface area contributed by atoms with Crippen molar-refractivity contribution in [1.29, 1.82) is 0 Å². The van der Waals surface area contributed by atoms with E-state index in [2.05, 4.69) is 10.3 Å². The molecule has 8 nitrogen and oxygen atoms in total. The summed E-state index contributed by atoms with van der Waals surface area (Å²) in [6, 6.07) is -0.160. The van der Waals surface area contributed by atoms with Crippen molar-refractivity contribution in [3.8, 4) is 0 Å². The molecule has 0 radical (unpaired) electrons. The second-order valence-corrected chi connectivity index (χ2v) is 3.65. The summed E-state index contributed by atoms with van der Waals surface area (Å²) < 4.78 is 0. The van der Waals surface area contributed by atoms with Crippen molar-refractivity contribution >= 4 is 11.9 Å². The van der Waals surface area contributed by atoms with Crippen molar-refractivity contribution < 1.29 is 14.7 Å². The number of rotatable bonds is 5. The number of carboxylic acid groups (broad SMARTS) is 1. The van der Waals surface area contributed by atoms with Gasteiger partial charge >= 0.3 is 11.7 Å². The van der Waals surface area contributed by atoms with Crippen LogP contribution in [0.1, 0.15) is 30.3 Å². The molecule has 4 N–H and O–H groups in total. The van der Waals surface area contributed by atoms with Crippen LogP contribution in [0.4, 0.5) is 0 Å². The highest BCUT2D eigenvalue weighted by Gasteiger charge is 2.20. The Hall–Kier alpha value is -2.38. The molecule has 0 bridgehead atoms. The molecule has 0 aliphatic rings. The molecule has 1 atom stereocenters. The lowest BCUT2D eigenvalue weighted by molar-refractivity contribution is -0.139. The number of carbonyl (C=O) groups excluding carboxylic acids is 1. The van der Waals surface area contributed by atoms with Crippen LogP contribution >= 0.6 is 0 Å². The van der Waals surface area contributed by atoms with E-state index in [1.807, 2.05) is 4.98 Å². The van der Waals surface area contributed by atoms with Gasteiger partial charge in [-0.15, -0.1) is 0 Å². The highest BCUT2D eigenvalue weighted by atomic mass is 16.4. The quantitative estimate of drug-likeness (QED) is 0.538. The third-order valence-electron chi connectivity index (χ3n) is 2.19. The van der Waals surface area contributed by atoms with Crippen molar-refractivity contribution in [2.75, 3.05) is 0 Å². The number of hydrogen-bond acceptors (Lipinski definition) is 4. The number of amides is 1. The molecule has 98 valence electrons. The van der Waals surface area contributed by atoms with Gasteiger partial charge in [-0.1, -0.05) is 13.3 Å². The molecule has 0 saturated carbocycles. The maximum Gasteiger partial charge on any atom is 0.326 e. The van der Waals surface area contributed by atoms with Crippen molar-refractivity contribution in [1.82, 2.24) is 15.3 Å². The molecule has 0 saturated heterocycles. The molecule has 0 aromatic carbocycles. The van der Waals surface area contributed by atoms with E-state index in [0.717, 1.165) is 6.07 Å². The zero-order valence-electron chi connectivity index (χ0n) is 9.65. The average Bonchev–Trinajstić information content (AvgIpc) is 2.26. The first kappa shape index (κ1) is 13.7. The Morgan fingerprint density at radius 3 is 2.56 bits per heavy atom. The van der Waals surface area contributed by atoms with Gasteiger partial charge in [0.25, 0.3) is 11.5 Å². The summed E-state index contributed by atoms with van der Waals surface area (Å²) in [6.07, 6.45) is 0.831. The zero-order valence-corrected chi connectivity index (χ0v) is 9.65. The number of aliphatic carboxylic acids is 1. The summed E-state index contributed by atoms with van der Waals surface area (Å²) in [4.78, 5) is 48.4. The maximum absolute atomic E-state index is 11.6. The minimum atomic E-state index is -1.17. The van der Waals surface area contributed by atoms with Gasteiger partial charge in [-0.05, 0) is 6.42 Å². The minimum absolute atomic E-state index is 0.258. The molecule has 0 fully saturated rings. The molecule has 1 amide bonds. The zero-order chi connectivity index (χ0) is 13.7. The standard InChI is InChI=1S/C10H13N3O5/c1-2-3-5(9(16)17)11-8(15)6-4-7(14)13-10(18)12-6/h4-5H,2-3H2,1H3,(H,11,15)(H,16,17)(H2,12,13,14,18)/t5-/m1/s1. The van der Waals surface area contributed by atoms with Crippen LogP contribution in [-0.2, 0) is 4.79 Å². The first-order valence-corrected chi connectivity index (χ1v) is 5.31. The Kier molecular flexibility index (Phi) is 4.41. The molecule has 0 aliphatic heterocycles. The van der Waals surface area contributed by atoms with Gasteiger partial charge in [-0.25, -0.2) is 9.59 Å². The number of H-pyrrole nitrogens is 2. The van der Waals surface area contributed by atoms with Gasteiger partial charge in [0.2, 0.25) is 0 Å². The van der Waals surface area contributed by atoms with Crippen LogP contribution in [0.3, 0.4) is 0 Å². The molecule has 1 aromatic heterocycles. The Bertz CT molecular complexity index is 531. The third-order valence-corrected chi connectivity index (χ3v) is 2.19. The van der Waals surface area contributed by atoms with Crippen LogP contribution in [0, 0.1) is 0 Å². The van der Waals surface area contributed by atoms with E-state index >= 15 is 0 Å². The molecular formula is C10H13N3O5. The first-order valence-electron chi connectivity index (χ1n) is 5.31. The molecular weight excluding hydrogens is 242 g/mol. The van der Waals surface area contributed by atoms with E-state index in [0.29, 0.717) is 6.42 Å². The summed E-state index contributed by atoms with van der Waals surface area (Å²) in [5, 5.41) is 11.1. The Balaban J connectivity index is 2.90. The Morgan fingerprint density at radius 2 is 2.06 bits per heavy atom. The van der Waals surface area contributed by atoms with E-state index < -0.39 is 29.2 Å². The number of hydrogen-bond donors (Lipinski definition) is 4. The van der Waals surface area contributed by atoms with Crippen LogP contribution in [0.25, 0.3) is 0 Å². The lowest BCUT2D eigenvalue weighted by Gasteiger charge is -2.12. The summed E-state index contributed by atoms with van der Waals surface area (Å²) in [5.74, 6) is -1.98. The van der Waals surface area contributed by atoms with Crippen LogP contribution in [0.5, 0.6) is 0 Å². The SMILES string of the molecule is CCC[C@@H](NC(=O)c1cc(=O)[nH]c(=O)[nH]1)C(=O)O. The predicted molar refractivity (Wildman–Crippen MR) is 61.5 cm³/mol. The largest absolute Gasteiger partial charge is 0.480 e. The van der Waals surface area contributed by atoms with Crippen LogP contribution < -0.4 is 16.6 Å². The maximum atomic E-state index is 11.6. The van der Waals surface area contributed by atoms with Gasteiger partial charge in [0.1, 0.15) is 11.7 Å². The third kappa shape index (κ3) is 3.58. The van der Waals surface area contributed by atoms with Crippen LogP contribution in [0.2, 0.25) is 0 Å². The number of aromatic nitrogens is 2. The Morgan fingerprint density at radius 1 is 1.39 bits per heavy atom. The van der Waals surface area contributed by atoms with Gasteiger partial charge in [-0.2, -0.15) is 0 Å². The lowest BCUT2D eigenvalue weighted by atomic mass is 10.1. The van der Waals surface area contributed by atoms with Crippen molar-refractivity contribution in [3.63, 3.8) is 0 Å². The van der Waals surface area contributed by atoms with Crippen LogP contribution in [0.15, 0.2) is 15.7 Å². The molecule has 1 aromatic rings. The summed E-state index contributed by atoms with van der Waals surface area (Å²) in [7, 11) is 0. The second kappa shape index (κ2) is 5.80. The normalized spacial score (nSPS) is 11.8. The fraction of sp³-hybridized carbons (Fsp3) is 0.400. The fourth-order valence-corrected chi connectivity index (χ4v) is 1.37. The molecule has 18 heavy (non-hydrogen) atoms. The van der Waals surface area contributed by atoms with E-state index in [9.17, 15) is 19.2 Å². The second-order valence-electron chi connectivity index (χ2n) is 3.65.